The highest BCUT2D eigenvalue weighted by Crippen LogP contribution is 2.35. The molecular weight excluding hydrogens is 264 g/mol. The average molecular weight is 274 g/mol. The van der Waals surface area contributed by atoms with E-state index in [9.17, 15) is 10.1 Å². The molecule has 0 saturated heterocycles. The van der Waals surface area contributed by atoms with Crippen molar-refractivity contribution in [2.45, 2.75) is 0 Å². The smallest absolute Gasteiger partial charge is 0.427 e. The molecule has 8 heteroatoms. The Balaban J connectivity index is 2.43. The van der Waals surface area contributed by atoms with Gasteiger partial charge >= 0.3 is 11.7 Å². The maximum absolute atomic E-state index is 10.9. The van der Waals surface area contributed by atoms with Gasteiger partial charge in [0.1, 0.15) is 0 Å². The monoisotopic (exact) mass is 274 g/mol. The highest BCUT2D eigenvalue weighted by Gasteiger charge is 2.23. The fraction of sp³-hybridized carbons (Fsp3) is 0.167. The summed E-state index contributed by atoms with van der Waals surface area (Å²) >= 11 is 0. The Bertz CT molecular complexity index is 702. The van der Waals surface area contributed by atoms with Crippen molar-refractivity contribution in [1.29, 1.82) is 5.26 Å². The number of aryl methyl sites for hydroxylation is 1. The molecule has 0 bridgehead atoms. The number of imidazole rings is 1. The van der Waals surface area contributed by atoms with Gasteiger partial charge in [-0.05, 0) is 22.0 Å². The third kappa shape index (κ3) is 2.37. The highest BCUT2D eigenvalue weighted by molar-refractivity contribution is 5.49. The Morgan fingerprint density at radius 2 is 2.20 bits per heavy atom. The Morgan fingerprint density at radius 1 is 1.45 bits per heavy atom. The van der Waals surface area contributed by atoms with E-state index in [0.717, 1.165) is 0 Å². The second kappa shape index (κ2) is 5.27. The van der Waals surface area contributed by atoms with Gasteiger partial charge in [0.2, 0.25) is 6.33 Å². The van der Waals surface area contributed by atoms with Crippen LogP contribution in [-0.2, 0) is 7.05 Å². The lowest BCUT2D eigenvalue weighted by Gasteiger charge is -2.09. The largest absolute Gasteiger partial charge is 0.493 e. The van der Waals surface area contributed by atoms with Gasteiger partial charge < -0.3 is 19.6 Å². The fourth-order valence-electron chi connectivity index (χ4n) is 1.58. The van der Waals surface area contributed by atoms with Crippen molar-refractivity contribution in [2.75, 3.05) is 7.11 Å². The van der Waals surface area contributed by atoms with E-state index < -0.39 is 4.92 Å². The maximum Gasteiger partial charge on any atom is 0.427 e. The fourth-order valence-corrected chi connectivity index (χ4v) is 1.58. The van der Waals surface area contributed by atoms with Crippen LogP contribution in [0.3, 0.4) is 0 Å². The first kappa shape index (κ1) is 13.4. The van der Waals surface area contributed by atoms with Crippen molar-refractivity contribution in [1.82, 2.24) is 9.55 Å². The van der Waals surface area contributed by atoms with Gasteiger partial charge in [-0.2, -0.15) is 5.26 Å². The van der Waals surface area contributed by atoms with Gasteiger partial charge in [0, 0.05) is 13.1 Å². The zero-order valence-corrected chi connectivity index (χ0v) is 10.7. The number of rotatable bonds is 4. The van der Waals surface area contributed by atoms with Crippen LogP contribution in [0.4, 0.5) is 5.82 Å². The highest BCUT2D eigenvalue weighted by atomic mass is 16.6. The molecule has 1 aromatic carbocycles. The molecular formula is C12H10N4O4. The van der Waals surface area contributed by atoms with Crippen LogP contribution in [0, 0.1) is 21.4 Å². The summed E-state index contributed by atoms with van der Waals surface area (Å²) in [6, 6.07) is 6.49. The van der Waals surface area contributed by atoms with Crippen LogP contribution < -0.4 is 9.47 Å². The number of nitriles is 1. The quantitative estimate of drug-likeness (QED) is 0.624. The van der Waals surface area contributed by atoms with Crippen molar-refractivity contribution in [3.8, 4) is 23.4 Å². The Morgan fingerprint density at radius 3 is 2.80 bits per heavy atom. The van der Waals surface area contributed by atoms with Crippen LogP contribution in [0.25, 0.3) is 0 Å². The summed E-state index contributed by atoms with van der Waals surface area (Å²) < 4.78 is 12.0. The van der Waals surface area contributed by atoms with Gasteiger partial charge in [-0.1, -0.05) is 0 Å². The molecule has 0 fully saturated rings. The van der Waals surface area contributed by atoms with E-state index >= 15 is 0 Å². The molecule has 2 rings (SSSR count). The molecule has 8 nitrogen and oxygen atoms in total. The molecule has 0 unspecified atom stereocenters. The first-order chi connectivity index (χ1) is 9.56. The van der Waals surface area contributed by atoms with Crippen molar-refractivity contribution >= 4 is 5.82 Å². The van der Waals surface area contributed by atoms with E-state index in [-0.39, 0.29) is 17.4 Å². The SMILES string of the molecule is COc1cc(C#N)ccc1Oc1c([N+](=O)[O-])ncn1C. The zero-order chi connectivity index (χ0) is 14.7. The van der Waals surface area contributed by atoms with Gasteiger partial charge in [0.15, 0.2) is 11.5 Å². The number of nitro groups is 1. The summed E-state index contributed by atoms with van der Waals surface area (Å²) in [7, 11) is 2.99. The first-order valence-electron chi connectivity index (χ1n) is 5.48. The third-order valence-electron chi connectivity index (χ3n) is 2.54. The standard InChI is InChI=1S/C12H10N4O4/c1-15-7-14-11(16(17)18)12(15)20-9-4-3-8(6-13)5-10(9)19-2/h3-5,7H,1-2H3. The van der Waals surface area contributed by atoms with Crippen LogP contribution >= 0.6 is 0 Å². The molecule has 0 aliphatic carbocycles. The van der Waals surface area contributed by atoms with Crippen molar-refractivity contribution in [2.24, 2.45) is 7.05 Å². The predicted molar refractivity (Wildman–Crippen MR) is 67.6 cm³/mol. The lowest BCUT2D eigenvalue weighted by atomic mass is 10.2. The van der Waals surface area contributed by atoms with Gasteiger partial charge in [-0.15, -0.1) is 0 Å². The van der Waals surface area contributed by atoms with E-state index in [1.165, 1.54) is 36.2 Å². The molecule has 0 aliphatic rings. The lowest BCUT2D eigenvalue weighted by Crippen LogP contribution is -1.98. The van der Waals surface area contributed by atoms with E-state index in [2.05, 4.69) is 4.98 Å². The van der Waals surface area contributed by atoms with Gasteiger partial charge in [0.05, 0.1) is 18.7 Å². The van der Waals surface area contributed by atoms with Gasteiger partial charge in [0.25, 0.3) is 0 Å². The minimum atomic E-state index is -0.633. The summed E-state index contributed by atoms with van der Waals surface area (Å²) in [6.45, 7) is 0. The van der Waals surface area contributed by atoms with E-state index in [1.807, 2.05) is 6.07 Å². The zero-order valence-electron chi connectivity index (χ0n) is 10.7. The van der Waals surface area contributed by atoms with Gasteiger partial charge in [-0.3, -0.25) is 4.57 Å². The predicted octanol–water partition coefficient (Wildman–Crippen LogP) is 2.00. The molecule has 0 radical (unpaired) electrons. The second-order valence-electron chi connectivity index (χ2n) is 3.82. The summed E-state index contributed by atoms with van der Waals surface area (Å²) in [5.41, 5.74) is 0.397. The topological polar surface area (TPSA) is 103 Å². The van der Waals surface area contributed by atoms with Crippen LogP contribution in [0.2, 0.25) is 0 Å². The first-order valence-corrected chi connectivity index (χ1v) is 5.48. The molecule has 0 saturated carbocycles. The summed E-state index contributed by atoms with van der Waals surface area (Å²) in [5.74, 6) is 0.162. The van der Waals surface area contributed by atoms with Crippen molar-refractivity contribution in [3.63, 3.8) is 0 Å². The lowest BCUT2D eigenvalue weighted by molar-refractivity contribution is -0.390. The molecule has 102 valence electrons. The van der Waals surface area contributed by atoms with Crippen LogP contribution in [0.5, 0.6) is 17.4 Å². The normalized spacial score (nSPS) is 9.85. The summed E-state index contributed by atoms with van der Waals surface area (Å²) in [4.78, 5) is 13.9. The number of nitrogens with zero attached hydrogens (tertiary/aromatic N) is 4. The maximum atomic E-state index is 10.9. The van der Waals surface area contributed by atoms with Crippen molar-refractivity contribution < 1.29 is 14.4 Å². The number of hydrogen-bond donors (Lipinski definition) is 0. The molecule has 1 heterocycles. The Hall–Kier alpha value is -3.08. The Labute approximate surface area is 113 Å². The molecule has 0 atom stereocenters. The molecule has 1 aromatic heterocycles. The number of hydrogen-bond acceptors (Lipinski definition) is 6. The number of ether oxygens (including phenoxy) is 2. The summed E-state index contributed by atoms with van der Waals surface area (Å²) in [6.07, 6.45) is 1.28. The molecule has 20 heavy (non-hydrogen) atoms. The second-order valence-corrected chi connectivity index (χ2v) is 3.82. The number of aromatic nitrogens is 2. The average Bonchev–Trinajstić information content (AvgIpc) is 2.81. The minimum Gasteiger partial charge on any atom is -0.493 e. The van der Waals surface area contributed by atoms with E-state index in [4.69, 9.17) is 14.7 Å². The molecule has 0 amide bonds. The minimum absolute atomic E-state index is 0.0157. The van der Waals surface area contributed by atoms with E-state index in [0.29, 0.717) is 11.3 Å². The van der Waals surface area contributed by atoms with Gasteiger partial charge in [-0.25, -0.2) is 0 Å². The van der Waals surface area contributed by atoms with Crippen LogP contribution in [0.1, 0.15) is 5.56 Å². The number of methoxy groups -OCH3 is 1. The summed E-state index contributed by atoms with van der Waals surface area (Å²) in [5, 5.41) is 19.7. The van der Waals surface area contributed by atoms with Crippen LogP contribution in [0.15, 0.2) is 24.5 Å². The molecule has 0 N–H and O–H groups in total. The third-order valence-corrected chi connectivity index (χ3v) is 2.54. The van der Waals surface area contributed by atoms with E-state index in [1.54, 1.807) is 7.05 Å². The van der Waals surface area contributed by atoms with Crippen LogP contribution in [-0.4, -0.2) is 21.6 Å². The number of benzene rings is 1. The van der Waals surface area contributed by atoms with Crippen molar-refractivity contribution in [3.05, 3.63) is 40.2 Å². The Kier molecular flexibility index (Phi) is 3.52. The molecule has 0 spiro atoms. The molecule has 2 aromatic rings. The molecule has 0 aliphatic heterocycles.